The second-order valence-corrected chi connectivity index (χ2v) is 10.4. The van der Waals surface area contributed by atoms with Crippen LogP contribution in [0, 0.1) is 5.92 Å². The standard InChI is InChI=1S/C20H38N2O3S/c1-8-16(3)17(4)13-14-18(9-2)22-19(23)12-10-11-15-21-26(24,25)20(5,6)7/h9,13,16,18,21H,2,8,10-12,14-15H2,1,3-7H3,(H,22,23)/b17-13+. The van der Waals surface area contributed by atoms with Gasteiger partial charge in [-0.1, -0.05) is 31.6 Å². The van der Waals surface area contributed by atoms with Crippen LogP contribution in [0.5, 0.6) is 0 Å². The van der Waals surface area contributed by atoms with E-state index in [0.29, 0.717) is 31.7 Å². The molecule has 0 aromatic carbocycles. The van der Waals surface area contributed by atoms with Crippen LogP contribution in [0.25, 0.3) is 0 Å². The molecule has 2 unspecified atom stereocenters. The average Bonchev–Trinajstić information content (AvgIpc) is 2.55. The number of carbonyl (C=O) groups is 1. The normalized spacial score (nSPS) is 15.4. The lowest BCUT2D eigenvalue weighted by atomic mass is 9.98. The second-order valence-electron chi connectivity index (χ2n) is 7.87. The molecule has 0 radical (unpaired) electrons. The summed E-state index contributed by atoms with van der Waals surface area (Å²) in [6.07, 6.45) is 7.44. The summed E-state index contributed by atoms with van der Waals surface area (Å²) in [6.45, 7) is 15.6. The van der Waals surface area contributed by atoms with E-state index in [-0.39, 0.29) is 11.9 Å². The van der Waals surface area contributed by atoms with Crippen molar-refractivity contribution < 1.29 is 13.2 Å². The van der Waals surface area contributed by atoms with Crippen molar-refractivity contribution in [3.63, 3.8) is 0 Å². The van der Waals surface area contributed by atoms with Crippen LogP contribution in [0.4, 0.5) is 0 Å². The summed E-state index contributed by atoms with van der Waals surface area (Å²) in [5.74, 6) is 0.524. The van der Waals surface area contributed by atoms with E-state index in [4.69, 9.17) is 0 Å². The number of amides is 1. The monoisotopic (exact) mass is 386 g/mol. The predicted molar refractivity (Wildman–Crippen MR) is 110 cm³/mol. The molecular weight excluding hydrogens is 348 g/mol. The quantitative estimate of drug-likeness (QED) is 0.394. The average molecular weight is 387 g/mol. The fraction of sp³-hybridized carbons (Fsp3) is 0.750. The van der Waals surface area contributed by atoms with E-state index < -0.39 is 14.8 Å². The van der Waals surface area contributed by atoms with Gasteiger partial charge in [0.1, 0.15) is 0 Å². The number of rotatable bonds is 12. The first kappa shape index (κ1) is 24.9. The summed E-state index contributed by atoms with van der Waals surface area (Å²) >= 11 is 0. The number of hydrogen-bond acceptors (Lipinski definition) is 3. The van der Waals surface area contributed by atoms with Gasteiger partial charge in [0.15, 0.2) is 0 Å². The van der Waals surface area contributed by atoms with Crippen LogP contribution in [0.15, 0.2) is 24.3 Å². The minimum Gasteiger partial charge on any atom is -0.350 e. The molecular formula is C20H38N2O3S. The Labute approximate surface area is 160 Å². The molecule has 0 aliphatic carbocycles. The van der Waals surface area contributed by atoms with Crippen molar-refractivity contribution >= 4 is 15.9 Å². The van der Waals surface area contributed by atoms with Gasteiger partial charge in [0, 0.05) is 13.0 Å². The molecule has 2 atom stereocenters. The molecule has 0 saturated heterocycles. The SMILES string of the molecule is C=CC(C/C=C(\C)C(C)CC)NC(=O)CCCCNS(=O)(=O)C(C)(C)C. The zero-order valence-corrected chi connectivity index (χ0v) is 18.2. The van der Waals surface area contributed by atoms with Crippen LogP contribution >= 0.6 is 0 Å². The zero-order valence-electron chi connectivity index (χ0n) is 17.4. The molecule has 0 bridgehead atoms. The Balaban J connectivity index is 4.19. The van der Waals surface area contributed by atoms with E-state index in [1.54, 1.807) is 26.8 Å². The predicted octanol–water partition coefficient (Wildman–Crippen LogP) is 3.93. The van der Waals surface area contributed by atoms with Crippen LogP contribution in [0.3, 0.4) is 0 Å². The van der Waals surface area contributed by atoms with Crippen LogP contribution < -0.4 is 10.0 Å². The molecule has 0 rings (SSSR count). The Morgan fingerprint density at radius 3 is 2.35 bits per heavy atom. The van der Waals surface area contributed by atoms with Gasteiger partial charge in [-0.2, -0.15) is 0 Å². The third kappa shape index (κ3) is 9.53. The molecule has 0 spiro atoms. The summed E-state index contributed by atoms with van der Waals surface area (Å²) in [4.78, 5) is 12.0. The lowest BCUT2D eigenvalue weighted by Gasteiger charge is -2.19. The highest BCUT2D eigenvalue weighted by atomic mass is 32.2. The van der Waals surface area contributed by atoms with E-state index in [2.05, 4.69) is 43.5 Å². The summed E-state index contributed by atoms with van der Waals surface area (Å²) < 4.78 is 25.6. The highest BCUT2D eigenvalue weighted by Gasteiger charge is 2.27. The van der Waals surface area contributed by atoms with E-state index in [1.807, 2.05) is 0 Å². The molecule has 0 saturated carbocycles. The first-order valence-corrected chi connectivity index (χ1v) is 11.0. The minimum absolute atomic E-state index is 0.0248. The maximum atomic E-state index is 12.0. The first-order valence-electron chi connectivity index (χ1n) is 9.52. The molecule has 26 heavy (non-hydrogen) atoms. The number of unbranched alkanes of at least 4 members (excludes halogenated alkanes) is 1. The maximum Gasteiger partial charge on any atom is 0.220 e. The molecule has 5 nitrogen and oxygen atoms in total. The van der Waals surface area contributed by atoms with Gasteiger partial charge >= 0.3 is 0 Å². The summed E-state index contributed by atoms with van der Waals surface area (Å²) in [6, 6.07) is -0.0686. The molecule has 152 valence electrons. The first-order chi connectivity index (χ1) is 11.9. The number of sulfonamides is 1. The molecule has 2 N–H and O–H groups in total. The Morgan fingerprint density at radius 1 is 1.23 bits per heavy atom. The van der Waals surface area contributed by atoms with Crippen molar-refractivity contribution in [1.82, 2.24) is 10.0 Å². The second kappa shape index (κ2) is 11.5. The van der Waals surface area contributed by atoms with Gasteiger partial charge in [-0.05, 0) is 59.3 Å². The molecule has 1 amide bonds. The largest absolute Gasteiger partial charge is 0.350 e. The molecule has 0 aliphatic heterocycles. The topological polar surface area (TPSA) is 75.3 Å². The highest BCUT2D eigenvalue weighted by molar-refractivity contribution is 7.90. The van der Waals surface area contributed by atoms with Crippen LogP contribution in [0.2, 0.25) is 0 Å². The lowest BCUT2D eigenvalue weighted by Crippen LogP contribution is -2.39. The molecule has 0 fully saturated rings. The van der Waals surface area contributed by atoms with E-state index in [1.165, 1.54) is 5.57 Å². The van der Waals surface area contributed by atoms with Crippen LogP contribution in [-0.2, 0) is 14.8 Å². The molecule has 0 aromatic rings. The smallest absolute Gasteiger partial charge is 0.220 e. The Hall–Kier alpha value is -1.14. The van der Waals surface area contributed by atoms with Gasteiger partial charge < -0.3 is 5.32 Å². The number of nitrogens with one attached hydrogen (secondary N) is 2. The van der Waals surface area contributed by atoms with Crippen molar-refractivity contribution in [2.24, 2.45) is 5.92 Å². The minimum atomic E-state index is -3.32. The Bertz CT molecular complexity index is 574. The number of carbonyl (C=O) groups excluding carboxylic acids is 1. The van der Waals surface area contributed by atoms with Gasteiger partial charge in [-0.15, -0.1) is 6.58 Å². The van der Waals surface area contributed by atoms with Gasteiger partial charge in [-0.3, -0.25) is 4.79 Å². The highest BCUT2D eigenvalue weighted by Crippen LogP contribution is 2.15. The van der Waals surface area contributed by atoms with E-state index >= 15 is 0 Å². The van der Waals surface area contributed by atoms with Gasteiger partial charge in [0.2, 0.25) is 15.9 Å². The van der Waals surface area contributed by atoms with Crippen LogP contribution in [0.1, 0.15) is 73.6 Å². The van der Waals surface area contributed by atoms with Crippen LogP contribution in [-0.4, -0.2) is 31.7 Å². The lowest BCUT2D eigenvalue weighted by molar-refractivity contribution is -0.121. The molecule has 0 aliphatic rings. The summed E-state index contributed by atoms with van der Waals surface area (Å²) in [7, 11) is -3.32. The van der Waals surface area contributed by atoms with Gasteiger partial charge in [-0.25, -0.2) is 13.1 Å². The zero-order chi connectivity index (χ0) is 20.4. The summed E-state index contributed by atoms with van der Waals surface area (Å²) in [5, 5.41) is 2.97. The van der Waals surface area contributed by atoms with Gasteiger partial charge in [0.05, 0.1) is 10.8 Å². The van der Waals surface area contributed by atoms with E-state index in [0.717, 1.165) is 12.8 Å². The van der Waals surface area contributed by atoms with E-state index in [9.17, 15) is 13.2 Å². The fourth-order valence-corrected chi connectivity index (χ4v) is 3.01. The molecule has 0 heterocycles. The fourth-order valence-electron chi connectivity index (χ4n) is 2.16. The number of allylic oxidation sites excluding steroid dienone is 1. The molecule has 6 heteroatoms. The van der Waals surface area contributed by atoms with Crippen molar-refractivity contribution in [2.45, 2.75) is 84.4 Å². The third-order valence-electron chi connectivity index (χ3n) is 4.64. The maximum absolute atomic E-state index is 12.0. The Kier molecular flexibility index (Phi) is 11.0. The van der Waals surface area contributed by atoms with Crippen molar-refractivity contribution in [3.05, 3.63) is 24.3 Å². The molecule has 0 aromatic heterocycles. The van der Waals surface area contributed by atoms with Crippen molar-refractivity contribution in [2.75, 3.05) is 6.54 Å². The summed E-state index contributed by atoms with van der Waals surface area (Å²) in [5.41, 5.74) is 1.33. The van der Waals surface area contributed by atoms with Crippen molar-refractivity contribution in [1.29, 1.82) is 0 Å². The van der Waals surface area contributed by atoms with Gasteiger partial charge in [0.25, 0.3) is 0 Å². The van der Waals surface area contributed by atoms with Crippen molar-refractivity contribution in [3.8, 4) is 0 Å². The third-order valence-corrected chi connectivity index (χ3v) is 6.84. The number of hydrogen-bond donors (Lipinski definition) is 2. The Morgan fingerprint density at radius 2 is 1.85 bits per heavy atom.